The molecule has 7 heteroatoms. The number of aliphatic carboxylic acids is 1. The molecule has 2 rings (SSSR count). The van der Waals surface area contributed by atoms with Crippen molar-refractivity contribution < 1.29 is 27.9 Å². The van der Waals surface area contributed by atoms with Crippen molar-refractivity contribution >= 4 is 17.6 Å². The van der Waals surface area contributed by atoms with Crippen LogP contribution >= 0.6 is 0 Å². The minimum Gasteiger partial charge on any atom is -0.481 e. The molecule has 1 aromatic rings. The molecule has 1 aliphatic rings. The molecule has 1 aliphatic carbocycles. The predicted octanol–water partition coefficient (Wildman–Crippen LogP) is 1.76. The van der Waals surface area contributed by atoms with Gasteiger partial charge in [-0.1, -0.05) is 0 Å². The molecular formula is C11H8F3NO3. The summed E-state index contributed by atoms with van der Waals surface area (Å²) in [6.45, 7) is 0. The van der Waals surface area contributed by atoms with Gasteiger partial charge in [-0.3, -0.25) is 9.59 Å². The van der Waals surface area contributed by atoms with Gasteiger partial charge in [0.25, 0.3) is 0 Å². The average molecular weight is 259 g/mol. The Morgan fingerprint density at radius 3 is 2.39 bits per heavy atom. The van der Waals surface area contributed by atoms with Crippen molar-refractivity contribution in [1.82, 2.24) is 0 Å². The SMILES string of the molecule is O=C(O)[C@H]1C[C@H]1C(=O)Nc1ccc(F)c(F)c1F. The second-order valence-electron chi connectivity index (χ2n) is 4.00. The molecular weight excluding hydrogens is 251 g/mol. The van der Waals surface area contributed by atoms with Crippen molar-refractivity contribution in [2.24, 2.45) is 11.8 Å². The van der Waals surface area contributed by atoms with Gasteiger partial charge in [-0.05, 0) is 18.6 Å². The van der Waals surface area contributed by atoms with Crippen molar-refractivity contribution in [2.75, 3.05) is 5.32 Å². The van der Waals surface area contributed by atoms with Gasteiger partial charge in [0.05, 0.1) is 17.5 Å². The fourth-order valence-electron chi connectivity index (χ4n) is 1.61. The number of anilines is 1. The highest BCUT2D eigenvalue weighted by Crippen LogP contribution is 2.39. The first-order valence-corrected chi connectivity index (χ1v) is 5.09. The van der Waals surface area contributed by atoms with Crippen molar-refractivity contribution in [3.63, 3.8) is 0 Å². The maximum absolute atomic E-state index is 13.2. The number of carbonyl (C=O) groups excluding carboxylic acids is 1. The second-order valence-corrected chi connectivity index (χ2v) is 4.00. The van der Waals surface area contributed by atoms with Crippen LogP contribution in [0.15, 0.2) is 12.1 Å². The van der Waals surface area contributed by atoms with Crippen LogP contribution in [-0.2, 0) is 9.59 Å². The summed E-state index contributed by atoms with van der Waals surface area (Å²) in [5.74, 6) is -7.92. The zero-order valence-electron chi connectivity index (χ0n) is 8.91. The Kier molecular flexibility index (Phi) is 2.98. The number of amides is 1. The van der Waals surface area contributed by atoms with Gasteiger partial charge in [0.2, 0.25) is 5.91 Å². The van der Waals surface area contributed by atoms with Crippen molar-refractivity contribution in [1.29, 1.82) is 0 Å². The Balaban J connectivity index is 2.09. The quantitative estimate of drug-likeness (QED) is 0.813. The highest BCUT2D eigenvalue weighted by atomic mass is 19.2. The van der Waals surface area contributed by atoms with Crippen LogP contribution in [0.1, 0.15) is 6.42 Å². The Morgan fingerprint density at radius 2 is 1.83 bits per heavy atom. The number of benzene rings is 1. The molecule has 0 heterocycles. The Labute approximate surface area is 99.4 Å². The van der Waals surface area contributed by atoms with Crippen LogP contribution < -0.4 is 5.32 Å². The molecule has 0 aliphatic heterocycles. The van der Waals surface area contributed by atoms with Crippen LogP contribution in [0.4, 0.5) is 18.9 Å². The van der Waals surface area contributed by atoms with Gasteiger partial charge in [-0.25, -0.2) is 13.2 Å². The van der Waals surface area contributed by atoms with Crippen molar-refractivity contribution in [3.05, 3.63) is 29.6 Å². The molecule has 0 spiro atoms. The van der Waals surface area contributed by atoms with Gasteiger partial charge in [-0.2, -0.15) is 0 Å². The number of halogens is 3. The van der Waals surface area contributed by atoms with E-state index in [1.807, 2.05) is 5.32 Å². The molecule has 1 fully saturated rings. The number of nitrogens with one attached hydrogen (secondary N) is 1. The van der Waals surface area contributed by atoms with Gasteiger partial charge in [-0.15, -0.1) is 0 Å². The van der Waals surface area contributed by atoms with Crippen LogP contribution in [0, 0.1) is 29.3 Å². The van der Waals surface area contributed by atoms with Gasteiger partial charge >= 0.3 is 5.97 Å². The molecule has 2 N–H and O–H groups in total. The van der Waals surface area contributed by atoms with Crippen LogP contribution in [-0.4, -0.2) is 17.0 Å². The third-order valence-electron chi connectivity index (χ3n) is 2.74. The fourth-order valence-corrected chi connectivity index (χ4v) is 1.61. The smallest absolute Gasteiger partial charge is 0.307 e. The molecule has 0 aromatic heterocycles. The minimum atomic E-state index is -1.68. The summed E-state index contributed by atoms with van der Waals surface area (Å²) < 4.78 is 38.7. The predicted molar refractivity (Wildman–Crippen MR) is 54.2 cm³/mol. The Bertz CT molecular complexity index is 533. The maximum Gasteiger partial charge on any atom is 0.307 e. The molecule has 0 saturated heterocycles. The summed E-state index contributed by atoms with van der Waals surface area (Å²) >= 11 is 0. The molecule has 1 amide bonds. The number of carbonyl (C=O) groups is 2. The zero-order chi connectivity index (χ0) is 13.4. The van der Waals surface area contributed by atoms with Crippen LogP contribution in [0.2, 0.25) is 0 Å². The van der Waals surface area contributed by atoms with E-state index < -0.39 is 46.9 Å². The molecule has 1 aromatic carbocycles. The van der Waals surface area contributed by atoms with E-state index >= 15 is 0 Å². The van der Waals surface area contributed by atoms with E-state index in [4.69, 9.17) is 5.11 Å². The number of hydrogen-bond acceptors (Lipinski definition) is 2. The summed E-state index contributed by atoms with van der Waals surface area (Å²) in [5, 5.41) is 10.7. The first kappa shape index (κ1) is 12.4. The summed E-state index contributed by atoms with van der Waals surface area (Å²) in [6, 6.07) is 1.55. The fraction of sp³-hybridized carbons (Fsp3) is 0.273. The lowest BCUT2D eigenvalue weighted by molar-refractivity contribution is -0.139. The van der Waals surface area contributed by atoms with E-state index in [9.17, 15) is 22.8 Å². The van der Waals surface area contributed by atoms with Gasteiger partial charge in [0.1, 0.15) is 0 Å². The molecule has 1 saturated carbocycles. The zero-order valence-corrected chi connectivity index (χ0v) is 8.91. The average Bonchev–Trinajstić information content (AvgIpc) is 3.10. The molecule has 0 bridgehead atoms. The first-order chi connectivity index (χ1) is 8.41. The highest BCUT2D eigenvalue weighted by molar-refractivity contribution is 5.98. The number of hydrogen-bond donors (Lipinski definition) is 2. The first-order valence-electron chi connectivity index (χ1n) is 5.09. The lowest BCUT2D eigenvalue weighted by Gasteiger charge is -2.06. The van der Waals surface area contributed by atoms with Crippen LogP contribution in [0.3, 0.4) is 0 Å². The van der Waals surface area contributed by atoms with Crippen LogP contribution in [0.25, 0.3) is 0 Å². The van der Waals surface area contributed by atoms with E-state index in [0.717, 1.165) is 6.07 Å². The number of carboxylic acids is 1. The molecule has 18 heavy (non-hydrogen) atoms. The van der Waals surface area contributed by atoms with Crippen LogP contribution in [0.5, 0.6) is 0 Å². The second kappa shape index (κ2) is 4.32. The number of carboxylic acid groups (broad SMARTS) is 1. The van der Waals surface area contributed by atoms with Crippen molar-refractivity contribution in [3.8, 4) is 0 Å². The Hall–Kier alpha value is -2.05. The standard InChI is InChI=1S/C11H8F3NO3/c12-6-1-2-7(9(14)8(6)13)15-10(16)4-3-5(4)11(17)18/h1-2,4-5H,3H2,(H,15,16)(H,17,18)/t4-,5+/m1/s1. The third-order valence-corrected chi connectivity index (χ3v) is 2.74. The number of rotatable bonds is 3. The largest absolute Gasteiger partial charge is 0.481 e. The minimum absolute atomic E-state index is 0.159. The van der Waals surface area contributed by atoms with E-state index in [2.05, 4.69) is 0 Å². The normalized spacial score (nSPS) is 21.5. The molecule has 4 nitrogen and oxygen atoms in total. The molecule has 2 atom stereocenters. The summed E-state index contributed by atoms with van der Waals surface area (Å²) in [6.07, 6.45) is 0.159. The summed E-state index contributed by atoms with van der Waals surface area (Å²) in [7, 11) is 0. The lowest BCUT2D eigenvalue weighted by Crippen LogP contribution is -2.18. The Morgan fingerprint density at radius 1 is 1.17 bits per heavy atom. The molecule has 96 valence electrons. The summed E-state index contributed by atoms with van der Waals surface area (Å²) in [4.78, 5) is 22.0. The van der Waals surface area contributed by atoms with Gasteiger partial charge in [0, 0.05) is 0 Å². The topological polar surface area (TPSA) is 66.4 Å². The van der Waals surface area contributed by atoms with E-state index in [-0.39, 0.29) is 6.42 Å². The van der Waals surface area contributed by atoms with E-state index in [1.54, 1.807) is 0 Å². The van der Waals surface area contributed by atoms with Crippen molar-refractivity contribution in [2.45, 2.75) is 6.42 Å². The van der Waals surface area contributed by atoms with E-state index in [1.165, 1.54) is 0 Å². The van der Waals surface area contributed by atoms with Gasteiger partial charge in [0.15, 0.2) is 17.5 Å². The molecule has 0 unspecified atom stereocenters. The van der Waals surface area contributed by atoms with E-state index in [0.29, 0.717) is 6.07 Å². The highest BCUT2D eigenvalue weighted by Gasteiger charge is 2.48. The third kappa shape index (κ3) is 2.15. The lowest BCUT2D eigenvalue weighted by atomic mass is 10.2. The van der Waals surface area contributed by atoms with Gasteiger partial charge < -0.3 is 10.4 Å². The maximum atomic E-state index is 13.2. The summed E-state index contributed by atoms with van der Waals surface area (Å²) in [5.41, 5.74) is -0.505. The monoisotopic (exact) mass is 259 g/mol. The molecule has 0 radical (unpaired) electrons.